The highest BCUT2D eigenvalue weighted by molar-refractivity contribution is 5.98. The topological polar surface area (TPSA) is 91.2 Å². The second kappa shape index (κ2) is 7.64. The van der Waals surface area contributed by atoms with E-state index < -0.39 is 0 Å². The number of aromatic nitrogens is 4. The van der Waals surface area contributed by atoms with Crippen molar-refractivity contribution in [1.29, 1.82) is 0 Å². The number of carbonyl (C=O) groups excluding carboxylic acids is 1. The summed E-state index contributed by atoms with van der Waals surface area (Å²) in [6.45, 7) is 1.89. The molecule has 0 spiro atoms. The standard InChI is InChI=1S/C18H19N5O3/c1-12(14-9-8-13(25-2)10-17(14)26-3)20-18(24)15-6-4-5-7-16(15)23-11-19-21-22-23/h4-12H,1-3H3,(H,20,24). The van der Waals surface area contributed by atoms with Crippen molar-refractivity contribution < 1.29 is 14.3 Å². The quantitative estimate of drug-likeness (QED) is 0.730. The average Bonchev–Trinajstić information content (AvgIpc) is 3.22. The predicted octanol–water partition coefficient (Wildman–Crippen LogP) is 2.17. The van der Waals surface area contributed by atoms with Crippen LogP contribution in [0.25, 0.3) is 5.69 Å². The maximum atomic E-state index is 12.8. The van der Waals surface area contributed by atoms with Crippen molar-refractivity contribution in [3.05, 3.63) is 59.9 Å². The Morgan fingerprint density at radius 3 is 2.65 bits per heavy atom. The Kier molecular flexibility index (Phi) is 5.12. The molecule has 1 atom stereocenters. The maximum absolute atomic E-state index is 12.8. The minimum Gasteiger partial charge on any atom is -0.497 e. The summed E-state index contributed by atoms with van der Waals surface area (Å²) in [7, 11) is 3.18. The van der Waals surface area contributed by atoms with E-state index in [9.17, 15) is 4.79 Å². The Balaban J connectivity index is 1.85. The fraction of sp³-hybridized carbons (Fsp3) is 0.222. The average molecular weight is 353 g/mol. The lowest BCUT2D eigenvalue weighted by Gasteiger charge is -2.19. The number of ether oxygens (including phenoxy) is 2. The Morgan fingerprint density at radius 1 is 1.15 bits per heavy atom. The van der Waals surface area contributed by atoms with Gasteiger partial charge in [0.15, 0.2) is 0 Å². The van der Waals surface area contributed by atoms with Crippen LogP contribution in [0.4, 0.5) is 0 Å². The fourth-order valence-electron chi connectivity index (χ4n) is 2.67. The van der Waals surface area contributed by atoms with E-state index in [1.54, 1.807) is 38.5 Å². The number of methoxy groups -OCH3 is 2. The highest BCUT2D eigenvalue weighted by Crippen LogP contribution is 2.29. The first-order valence-corrected chi connectivity index (χ1v) is 7.99. The van der Waals surface area contributed by atoms with Gasteiger partial charge >= 0.3 is 0 Å². The van der Waals surface area contributed by atoms with Crippen molar-refractivity contribution in [1.82, 2.24) is 25.5 Å². The van der Waals surface area contributed by atoms with Crippen LogP contribution in [0.15, 0.2) is 48.8 Å². The van der Waals surface area contributed by atoms with E-state index in [0.29, 0.717) is 22.7 Å². The molecule has 3 rings (SSSR count). The molecular formula is C18H19N5O3. The minimum absolute atomic E-state index is 0.235. The summed E-state index contributed by atoms with van der Waals surface area (Å²) >= 11 is 0. The first-order valence-electron chi connectivity index (χ1n) is 7.99. The van der Waals surface area contributed by atoms with Gasteiger partial charge in [0.05, 0.1) is 31.5 Å². The summed E-state index contributed by atoms with van der Waals surface area (Å²) < 4.78 is 12.1. The fourth-order valence-corrected chi connectivity index (χ4v) is 2.67. The number of carbonyl (C=O) groups is 1. The molecule has 0 saturated heterocycles. The number of benzene rings is 2. The zero-order chi connectivity index (χ0) is 18.5. The molecular weight excluding hydrogens is 334 g/mol. The van der Waals surface area contributed by atoms with Crippen molar-refractivity contribution in [2.24, 2.45) is 0 Å². The monoisotopic (exact) mass is 353 g/mol. The number of rotatable bonds is 6. The highest BCUT2D eigenvalue weighted by atomic mass is 16.5. The Labute approximate surface area is 150 Å². The van der Waals surface area contributed by atoms with Gasteiger partial charge in [-0.25, -0.2) is 0 Å². The molecule has 1 unspecified atom stereocenters. The zero-order valence-corrected chi connectivity index (χ0v) is 14.7. The van der Waals surface area contributed by atoms with E-state index in [0.717, 1.165) is 5.56 Å². The third-order valence-corrected chi connectivity index (χ3v) is 4.00. The second-order valence-electron chi connectivity index (χ2n) is 5.57. The van der Waals surface area contributed by atoms with Gasteiger partial charge in [-0.1, -0.05) is 12.1 Å². The molecule has 0 fully saturated rings. The van der Waals surface area contributed by atoms with Crippen molar-refractivity contribution in [2.45, 2.75) is 13.0 Å². The van der Waals surface area contributed by atoms with E-state index >= 15 is 0 Å². The van der Waals surface area contributed by atoms with Gasteiger partial charge in [-0.3, -0.25) is 4.79 Å². The van der Waals surface area contributed by atoms with E-state index in [1.165, 1.54) is 11.0 Å². The summed E-state index contributed by atoms with van der Waals surface area (Å²) in [5.74, 6) is 1.10. The molecule has 1 aromatic heterocycles. The van der Waals surface area contributed by atoms with Crippen molar-refractivity contribution >= 4 is 5.91 Å². The molecule has 0 aliphatic carbocycles. The number of nitrogens with zero attached hydrogens (tertiary/aromatic N) is 4. The molecule has 8 heteroatoms. The molecule has 134 valence electrons. The zero-order valence-electron chi connectivity index (χ0n) is 14.7. The van der Waals surface area contributed by atoms with Crippen LogP contribution >= 0.6 is 0 Å². The van der Waals surface area contributed by atoms with E-state index in [2.05, 4.69) is 20.8 Å². The third kappa shape index (κ3) is 3.49. The van der Waals surface area contributed by atoms with Gasteiger partial charge in [-0.05, 0) is 41.6 Å². The molecule has 0 aliphatic rings. The molecule has 1 N–H and O–H groups in total. The van der Waals surface area contributed by atoms with E-state index in [4.69, 9.17) is 9.47 Å². The number of hydrogen-bond acceptors (Lipinski definition) is 6. The lowest BCUT2D eigenvalue weighted by Crippen LogP contribution is -2.28. The van der Waals surface area contributed by atoms with Gasteiger partial charge < -0.3 is 14.8 Å². The Bertz CT molecular complexity index is 896. The van der Waals surface area contributed by atoms with Crippen LogP contribution in [-0.2, 0) is 0 Å². The normalized spacial score (nSPS) is 11.7. The van der Waals surface area contributed by atoms with Gasteiger partial charge in [0.2, 0.25) is 0 Å². The van der Waals surface area contributed by atoms with Gasteiger partial charge in [0, 0.05) is 11.6 Å². The molecule has 0 saturated carbocycles. The number of nitrogens with one attached hydrogen (secondary N) is 1. The van der Waals surface area contributed by atoms with Crippen LogP contribution < -0.4 is 14.8 Å². The first-order chi connectivity index (χ1) is 12.6. The Morgan fingerprint density at radius 2 is 1.96 bits per heavy atom. The van der Waals surface area contributed by atoms with Crippen LogP contribution in [0, 0.1) is 0 Å². The lowest BCUT2D eigenvalue weighted by atomic mass is 10.1. The minimum atomic E-state index is -0.273. The smallest absolute Gasteiger partial charge is 0.253 e. The van der Waals surface area contributed by atoms with E-state index in [-0.39, 0.29) is 11.9 Å². The van der Waals surface area contributed by atoms with Crippen LogP contribution in [0.1, 0.15) is 28.9 Å². The molecule has 8 nitrogen and oxygen atoms in total. The lowest BCUT2D eigenvalue weighted by molar-refractivity contribution is 0.0939. The van der Waals surface area contributed by atoms with Crippen molar-refractivity contribution in [3.8, 4) is 17.2 Å². The Hall–Kier alpha value is -3.42. The van der Waals surface area contributed by atoms with Gasteiger partial charge in [-0.15, -0.1) is 5.10 Å². The second-order valence-corrected chi connectivity index (χ2v) is 5.57. The van der Waals surface area contributed by atoms with Crippen LogP contribution in [0.5, 0.6) is 11.5 Å². The summed E-state index contributed by atoms with van der Waals surface area (Å²) in [6, 6.07) is 12.3. The van der Waals surface area contributed by atoms with Crippen LogP contribution in [0.3, 0.4) is 0 Å². The van der Waals surface area contributed by atoms with Gasteiger partial charge in [0.25, 0.3) is 5.91 Å². The highest BCUT2D eigenvalue weighted by Gasteiger charge is 2.18. The molecule has 0 radical (unpaired) electrons. The molecule has 1 amide bonds. The summed E-state index contributed by atoms with van der Waals surface area (Å²) in [5, 5.41) is 14.1. The van der Waals surface area contributed by atoms with Gasteiger partial charge in [-0.2, -0.15) is 4.68 Å². The molecule has 0 aliphatic heterocycles. The van der Waals surface area contributed by atoms with Crippen molar-refractivity contribution in [3.63, 3.8) is 0 Å². The van der Waals surface area contributed by atoms with Crippen molar-refractivity contribution in [2.75, 3.05) is 14.2 Å². The predicted molar refractivity (Wildman–Crippen MR) is 94.6 cm³/mol. The van der Waals surface area contributed by atoms with Crippen LogP contribution in [-0.4, -0.2) is 40.3 Å². The summed E-state index contributed by atoms with van der Waals surface area (Å²) in [6.07, 6.45) is 1.45. The molecule has 0 bridgehead atoms. The maximum Gasteiger partial charge on any atom is 0.253 e. The third-order valence-electron chi connectivity index (χ3n) is 4.00. The number of tetrazole rings is 1. The summed E-state index contributed by atoms with van der Waals surface area (Å²) in [4.78, 5) is 12.8. The largest absolute Gasteiger partial charge is 0.497 e. The number of amides is 1. The van der Waals surface area contributed by atoms with Crippen LogP contribution in [0.2, 0.25) is 0 Å². The van der Waals surface area contributed by atoms with Gasteiger partial charge in [0.1, 0.15) is 17.8 Å². The van der Waals surface area contributed by atoms with E-state index in [1.807, 2.05) is 25.1 Å². The molecule has 2 aromatic carbocycles. The molecule has 1 heterocycles. The number of para-hydroxylation sites is 1. The molecule has 3 aromatic rings. The number of hydrogen-bond donors (Lipinski definition) is 1. The summed E-state index contributed by atoms with van der Waals surface area (Å²) in [5.41, 5.74) is 1.92. The molecule has 26 heavy (non-hydrogen) atoms. The first kappa shape index (κ1) is 17.4. The SMILES string of the molecule is COc1ccc(C(C)NC(=O)c2ccccc2-n2cnnn2)c(OC)c1.